The van der Waals surface area contributed by atoms with E-state index in [0.717, 1.165) is 28.6 Å². The van der Waals surface area contributed by atoms with Crippen molar-refractivity contribution in [2.45, 2.75) is 18.9 Å². The number of carbonyl (C=O) groups is 1. The lowest BCUT2D eigenvalue weighted by Crippen LogP contribution is -2.35. The maximum atomic E-state index is 12.2. The first-order valence-corrected chi connectivity index (χ1v) is 9.20. The third-order valence-electron chi connectivity index (χ3n) is 4.02. The van der Waals surface area contributed by atoms with Gasteiger partial charge >= 0.3 is 0 Å². The van der Waals surface area contributed by atoms with Gasteiger partial charge < -0.3 is 19.7 Å². The zero-order chi connectivity index (χ0) is 19.4. The summed E-state index contributed by atoms with van der Waals surface area (Å²) in [6.45, 7) is 3.99. The van der Waals surface area contributed by atoms with E-state index in [-0.39, 0.29) is 16.7 Å². The highest BCUT2D eigenvalue weighted by atomic mass is 32.2. The Labute approximate surface area is 160 Å². The van der Waals surface area contributed by atoms with E-state index in [1.165, 1.54) is 4.68 Å². The summed E-state index contributed by atoms with van der Waals surface area (Å²) in [5, 5.41) is 18.8. The van der Waals surface area contributed by atoms with E-state index in [1.54, 1.807) is 31.4 Å². The van der Waals surface area contributed by atoms with Gasteiger partial charge in [-0.3, -0.25) is 4.79 Å². The van der Waals surface area contributed by atoms with Crippen LogP contribution in [-0.4, -0.2) is 24.0 Å². The molecular weight excluding hydrogens is 366 g/mol. The fraction of sp³-hybridized carbons (Fsp3) is 0.211. The Hall–Kier alpha value is -3.00. The monoisotopic (exact) mass is 385 g/mol. The summed E-state index contributed by atoms with van der Waals surface area (Å²) >= 11 is 1.07. The predicted molar refractivity (Wildman–Crippen MR) is 99.3 cm³/mol. The fourth-order valence-electron chi connectivity index (χ4n) is 2.40. The van der Waals surface area contributed by atoms with Crippen LogP contribution in [0.3, 0.4) is 0 Å². The largest absolute Gasteiger partial charge is 0.538 e. The molecular formula is C19H19N3O4S. The van der Waals surface area contributed by atoms with E-state index in [9.17, 15) is 9.90 Å². The van der Waals surface area contributed by atoms with Gasteiger partial charge in [0, 0.05) is 17.8 Å². The molecule has 1 aromatic heterocycles. The van der Waals surface area contributed by atoms with E-state index in [2.05, 4.69) is 10.6 Å². The van der Waals surface area contributed by atoms with Gasteiger partial charge in [-0.25, -0.2) is 0 Å². The quantitative estimate of drug-likeness (QED) is 0.517. The minimum absolute atomic E-state index is 0.0551. The Morgan fingerprint density at radius 2 is 1.96 bits per heavy atom. The number of carbonyl (C=O) groups excluding carboxylic acids is 1. The van der Waals surface area contributed by atoms with Crippen LogP contribution in [0.1, 0.15) is 11.1 Å². The van der Waals surface area contributed by atoms with Gasteiger partial charge in [-0.1, -0.05) is 6.07 Å². The molecule has 0 spiro atoms. The van der Waals surface area contributed by atoms with E-state index in [4.69, 9.17) is 9.26 Å². The summed E-state index contributed by atoms with van der Waals surface area (Å²) in [5.41, 5.74) is 3.61. The topological polar surface area (TPSA) is 91.3 Å². The van der Waals surface area contributed by atoms with Crippen LogP contribution < -0.4 is 19.8 Å². The molecule has 3 rings (SSSR count). The lowest BCUT2D eigenvalue weighted by Gasteiger charge is -2.07. The number of benzene rings is 2. The normalized spacial score (nSPS) is 10.6. The summed E-state index contributed by atoms with van der Waals surface area (Å²) in [6.07, 6.45) is 0. The lowest BCUT2D eigenvalue weighted by molar-refractivity contribution is -0.705. The number of aromatic nitrogens is 2. The first-order chi connectivity index (χ1) is 13.0. The third-order valence-corrected chi connectivity index (χ3v) is 5.04. The van der Waals surface area contributed by atoms with Crippen LogP contribution in [0.4, 0.5) is 5.69 Å². The number of hydrogen-bond donors (Lipinski definition) is 1. The van der Waals surface area contributed by atoms with Gasteiger partial charge in [0.2, 0.25) is 11.6 Å². The van der Waals surface area contributed by atoms with Crippen LogP contribution in [0, 0.1) is 13.8 Å². The lowest BCUT2D eigenvalue weighted by atomic mass is 10.1. The third kappa shape index (κ3) is 4.40. The van der Waals surface area contributed by atoms with Crippen molar-refractivity contribution in [2.24, 2.45) is 0 Å². The average Bonchev–Trinajstić information content (AvgIpc) is 3.03. The molecule has 0 aliphatic carbocycles. The van der Waals surface area contributed by atoms with Gasteiger partial charge in [0.25, 0.3) is 5.03 Å². The first-order valence-electron chi connectivity index (χ1n) is 8.21. The number of aryl methyl sites for hydroxylation is 2. The molecule has 0 atom stereocenters. The fourth-order valence-corrected chi connectivity index (χ4v) is 3.15. The van der Waals surface area contributed by atoms with E-state index < -0.39 is 5.95 Å². The Balaban J connectivity index is 1.69. The van der Waals surface area contributed by atoms with Crippen molar-refractivity contribution < 1.29 is 23.8 Å². The van der Waals surface area contributed by atoms with Crippen molar-refractivity contribution in [3.63, 3.8) is 0 Å². The van der Waals surface area contributed by atoms with Crippen molar-refractivity contribution in [3.05, 3.63) is 53.6 Å². The molecule has 0 bridgehead atoms. The molecule has 27 heavy (non-hydrogen) atoms. The molecule has 140 valence electrons. The number of amides is 1. The van der Waals surface area contributed by atoms with Crippen LogP contribution in [-0.2, 0) is 4.79 Å². The summed E-state index contributed by atoms with van der Waals surface area (Å²) in [7, 11) is 1.57. The van der Waals surface area contributed by atoms with Crippen molar-refractivity contribution in [3.8, 4) is 17.4 Å². The van der Waals surface area contributed by atoms with Gasteiger partial charge in [-0.05, 0) is 65.7 Å². The van der Waals surface area contributed by atoms with Crippen molar-refractivity contribution in [1.82, 2.24) is 5.27 Å². The molecule has 0 saturated heterocycles. The summed E-state index contributed by atoms with van der Waals surface area (Å²) < 4.78 is 11.2. The van der Waals surface area contributed by atoms with E-state index in [1.807, 2.05) is 32.0 Å². The minimum atomic E-state index is -0.588. The first kappa shape index (κ1) is 18.8. The van der Waals surface area contributed by atoms with Crippen LogP contribution >= 0.6 is 11.8 Å². The molecule has 7 nitrogen and oxygen atoms in total. The second-order valence-corrected chi connectivity index (χ2v) is 6.88. The zero-order valence-corrected chi connectivity index (χ0v) is 16.0. The molecule has 0 saturated carbocycles. The molecule has 0 fully saturated rings. The molecule has 0 radical (unpaired) electrons. The Kier molecular flexibility index (Phi) is 5.66. The number of anilines is 1. The number of rotatable bonds is 6. The number of methoxy groups -OCH3 is 1. The summed E-state index contributed by atoms with van der Waals surface area (Å²) in [5.74, 6) is -0.0633. The maximum absolute atomic E-state index is 12.2. The Morgan fingerprint density at radius 1 is 1.22 bits per heavy atom. The van der Waals surface area contributed by atoms with Gasteiger partial charge in [-0.15, -0.1) is 0 Å². The number of ether oxygens (including phenoxy) is 1. The predicted octanol–water partition coefficient (Wildman–Crippen LogP) is 2.38. The molecule has 0 aliphatic rings. The van der Waals surface area contributed by atoms with Gasteiger partial charge in [0.05, 0.1) is 18.1 Å². The average molecular weight is 385 g/mol. The molecule has 0 unspecified atom stereocenters. The number of nitrogens with one attached hydrogen (secondary N) is 1. The molecule has 1 N–H and O–H groups in total. The number of thioether (sulfide) groups is 1. The summed E-state index contributed by atoms with van der Waals surface area (Å²) in [4.78, 5) is 12.2. The summed E-state index contributed by atoms with van der Waals surface area (Å²) in [6, 6.07) is 12.7. The highest BCUT2D eigenvalue weighted by molar-refractivity contribution is 7.99. The van der Waals surface area contributed by atoms with Gasteiger partial charge in [0.15, 0.2) is 5.95 Å². The van der Waals surface area contributed by atoms with E-state index >= 15 is 0 Å². The molecule has 3 aromatic rings. The zero-order valence-electron chi connectivity index (χ0n) is 15.2. The second kappa shape index (κ2) is 8.13. The highest BCUT2D eigenvalue weighted by Crippen LogP contribution is 2.24. The standard InChI is InChI=1S/C19H19N3O4S/c1-12-4-5-14(10-13(12)2)20-17(23)11-27-18-19(24)26-21-22(18)15-6-8-16(25-3)9-7-15/h4-10H,11H2,1-3H3,(H-,20,21,23,24). The van der Waals surface area contributed by atoms with Crippen LogP contribution in [0.15, 0.2) is 52.0 Å². The van der Waals surface area contributed by atoms with E-state index in [0.29, 0.717) is 11.4 Å². The highest BCUT2D eigenvalue weighted by Gasteiger charge is 2.22. The second-order valence-electron chi connectivity index (χ2n) is 5.91. The van der Waals surface area contributed by atoms with Gasteiger partial charge in [0.1, 0.15) is 5.75 Å². The Bertz CT molecular complexity index is 954. The molecule has 0 aliphatic heterocycles. The van der Waals surface area contributed by atoms with Crippen molar-refractivity contribution in [1.29, 1.82) is 0 Å². The maximum Gasteiger partial charge on any atom is 0.298 e. The van der Waals surface area contributed by atoms with Crippen molar-refractivity contribution in [2.75, 3.05) is 18.2 Å². The number of nitrogens with zero attached hydrogens (tertiary/aromatic N) is 2. The van der Waals surface area contributed by atoms with Crippen LogP contribution in [0.25, 0.3) is 5.69 Å². The van der Waals surface area contributed by atoms with Crippen LogP contribution in [0.5, 0.6) is 11.7 Å². The minimum Gasteiger partial charge on any atom is -0.538 e. The number of hydrogen-bond acceptors (Lipinski definition) is 6. The molecule has 1 heterocycles. The Morgan fingerprint density at radius 3 is 2.63 bits per heavy atom. The smallest absolute Gasteiger partial charge is 0.298 e. The molecule has 8 heteroatoms. The van der Waals surface area contributed by atoms with Gasteiger partial charge in [-0.2, -0.15) is 0 Å². The molecule has 2 aromatic carbocycles. The molecule has 1 amide bonds. The SMILES string of the molecule is COc1ccc(-[n+]2noc([O-])c2SCC(=O)Nc2ccc(C)c(C)c2)cc1. The van der Waals surface area contributed by atoms with Crippen LogP contribution in [0.2, 0.25) is 0 Å². The van der Waals surface area contributed by atoms with Crippen molar-refractivity contribution >= 4 is 23.4 Å².